The van der Waals surface area contributed by atoms with Crippen LogP contribution in [-0.2, 0) is 15.5 Å². The lowest BCUT2D eigenvalue weighted by Crippen LogP contribution is -2.44. The predicted octanol–water partition coefficient (Wildman–Crippen LogP) is 1.88. The monoisotopic (exact) mass is 479 g/mol. The van der Waals surface area contributed by atoms with Gasteiger partial charge < -0.3 is 15.0 Å². The standard InChI is InChI=1S/C19H21N5O6S2/c1-2-30-19(28)23-16(26)13-4-8-31-17(13)22-15(25)12-3-5-20-14(11-12)21-18(27)24-6-9-32(29)10-7-24/h3-5,8,11H,2,6-7,9-10H2,1H3,(H,22,25)(H,20,21,27)(H,23,26,28). The molecule has 0 unspecified atom stereocenters. The quantitative estimate of drug-likeness (QED) is 0.593. The molecule has 11 nitrogen and oxygen atoms in total. The molecule has 3 heterocycles. The Kier molecular flexibility index (Phi) is 7.89. The molecule has 32 heavy (non-hydrogen) atoms. The second-order valence-corrected chi connectivity index (χ2v) is 9.10. The highest BCUT2D eigenvalue weighted by Gasteiger charge is 2.21. The highest BCUT2D eigenvalue weighted by molar-refractivity contribution is 7.85. The number of aromatic nitrogens is 1. The Balaban J connectivity index is 1.64. The highest BCUT2D eigenvalue weighted by Crippen LogP contribution is 2.24. The Morgan fingerprint density at radius 1 is 1.16 bits per heavy atom. The van der Waals surface area contributed by atoms with Crippen LogP contribution in [0.15, 0.2) is 29.8 Å². The molecule has 1 aliphatic heterocycles. The summed E-state index contributed by atoms with van der Waals surface area (Å²) < 4.78 is 16.1. The van der Waals surface area contributed by atoms with E-state index in [1.165, 1.54) is 29.3 Å². The van der Waals surface area contributed by atoms with Crippen molar-refractivity contribution in [3.63, 3.8) is 0 Å². The minimum absolute atomic E-state index is 0.112. The van der Waals surface area contributed by atoms with E-state index < -0.39 is 28.7 Å². The Morgan fingerprint density at radius 2 is 1.91 bits per heavy atom. The first kappa shape index (κ1) is 23.3. The van der Waals surface area contributed by atoms with Crippen molar-refractivity contribution in [2.45, 2.75) is 6.92 Å². The largest absolute Gasteiger partial charge is 0.450 e. The van der Waals surface area contributed by atoms with E-state index in [9.17, 15) is 23.4 Å². The third kappa shape index (κ3) is 6.11. The van der Waals surface area contributed by atoms with Crippen LogP contribution in [0.25, 0.3) is 0 Å². The number of imide groups is 1. The number of carbonyl (C=O) groups is 4. The van der Waals surface area contributed by atoms with Gasteiger partial charge in [-0.3, -0.25) is 24.4 Å². The Labute approximate surface area is 190 Å². The first-order valence-electron chi connectivity index (χ1n) is 9.61. The lowest BCUT2D eigenvalue weighted by atomic mass is 10.2. The third-order valence-electron chi connectivity index (χ3n) is 4.35. The molecule has 5 amide bonds. The van der Waals surface area contributed by atoms with E-state index in [0.29, 0.717) is 24.6 Å². The fraction of sp³-hybridized carbons (Fsp3) is 0.316. The molecule has 0 radical (unpaired) electrons. The van der Waals surface area contributed by atoms with E-state index in [0.717, 1.165) is 11.3 Å². The molecule has 1 aliphatic rings. The molecular weight excluding hydrogens is 458 g/mol. The Bertz CT molecular complexity index is 1050. The van der Waals surface area contributed by atoms with E-state index >= 15 is 0 Å². The van der Waals surface area contributed by atoms with Gasteiger partial charge in [-0.2, -0.15) is 0 Å². The van der Waals surface area contributed by atoms with Crippen molar-refractivity contribution in [1.82, 2.24) is 15.2 Å². The van der Waals surface area contributed by atoms with Gasteiger partial charge in [0.25, 0.3) is 11.8 Å². The number of nitrogens with zero attached hydrogens (tertiary/aromatic N) is 2. The minimum Gasteiger partial charge on any atom is -0.450 e. The highest BCUT2D eigenvalue weighted by atomic mass is 32.2. The lowest BCUT2D eigenvalue weighted by Gasteiger charge is -2.26. The van der Waals surface area contributed by atoms with Crippen molar-refractivity contribution in [2.75, 3.05) is 41.8 Å². The van der Waals surface area contributed by atoms with Crippen LogP contribution in [-0.4, -0.2) is 69.2 Å². The lowest BCUT2D eigenvalue weighted by molar-refractivity contribution is 0.0926. The second kappa shape index (κ2) is 10.8. The van der Waals surface area contributed by atoms with Crippen molar-refractivity contribution in [3.8, 4) is 0 Å². The maximum atomic E-state index is 12.7. The number of anilines is 2. The van der Waals surface area contributed by atoms with E-state index in [1.54, 1.807) is 12.3 Å². The number of alkyl carbamates (subject to hydrolysis) is 1. The molecule has 170 valence electrons. The molecule has 0 aliphatic carbocycles. The van der Waals surface area contributed by atoms with Crippen LogP contribution in [0.2, 0.25) is 0 Å². The molecule has 2 aromatic rings. The van der Waals surface area contributed by atoms with E-state index in [-0.39, 0.29) is 34.6 Å². The van der Waals surface area contributed by atoms with Gasteiger partial charge in [0.05, 0.1) is 12.2 Å². The summed E-state index contributed by atoms with van der Waals surface area (Å²) in [6.45, 7) is 2.49. The van der Waals surface area contributed by atoms with E-state index in [2.05, 4.69) is 25.7 Å². The number of hydrogen-bond acceptors (Lipinski definition) is 8. The van der Waals surface area contributed by atoms with Crippen LogP contribution in [0.4, 0.5) is 20.4 Å². The normalized spacial score (nSPS) is 13.8. The third-order valence-corrected chi connectivity index (χ3v) is 6.46. The topological polar surface area (TPSA) is 147 Å². The molecule has 0 aromatic carbocycles. The smallest absolute Gasteiger partial charge is 0.414 e. The molecule has 1 fully saturated rings. The minimum atomic E-state index is -0.903. The number of amides is 5. The van der Waals surface area contributed by atoms with Crippen molar-refractivity contribution in [2.24, 2.45) is 0 Å². The number of hydrogen-bond donors (Lipinski definition) is 3. The number of pyridine rings is 1. The number of thiophene rings is 1. The zero-order chi connectivity index (χ0) is 23.1. The van der Waals surface area contributed by atoms with Crippen LogP contribution in [0.1, 0.15) is 27.6 Å². The number of nitrogens with one attached hydrogen (secondary N) is 3. The van der Waals surface area contributed by atoms with Crippen LogP contribution in [0.5, 0.6) is 0 Å². The van der Waals surface area contributed by atoms with Gasteiger partial charge in [0.1, 0.15) is 10.8 Å². The zero-order valence-corrected chi connectivity index (χ0v) is 18.7. The summed E-state index contributed by atoms with van der Waals surface area (Å²) in [4.78, 5) is 54.3. The molecule has 0 atom stereocenters. The zero-order valence-electron chi connectivity index (χ0n) is 17.1. The molecule has 2 aromatic heterocycles. The molecule has 0 spiro atoms. The van der Waals surface area contributed by atoms with Gasteiger partial charge >= 0.3 is 12.1 Å². The summed E-state index contributed by atoms with van der Waals surface area (Å²) >= 11 is 1.11. The molecule has 3 N–H and O–H groups in total. The number of urea groups is 1. The van der Waals surface area contributed by atoms with E-state index in [1.807, 2.05) is 0 Å². The summed E-state index contributed by atoms with van der Waals surface area (Å²) in [5.74, 6) is -0.193. The Hall–Kier alpha value is -3.32. The fourth-order valence-electron chi connectivity index (χ4n) is 2.76. The van der Waals surface area contributed by atoms with Gasteiger partial charge in [0.15, 0.2) is 0 Å². The van der Waals surface area contributed by atoms with Gasteiger partial charge in [-0.1, -0.05) is 0 Å². The number of ether oxygens (including phenoxy) is 1. The van der Waals surface area contributed by atoms with Crippen LogP contribution in [0, 0.1) is 0 Å². The van der Waals surface area contributed by atoms with Crippen LogP contribution in [0.3, 0.4) is 0 Å². The van der Waals surface area contributed by atoms with Crippen molar-refractivity contribution >= 4 is 56.9 Å². The van der Waals surface area contributed by atoms with Gasteiger partial charge in [-0.25, -0.2) is 14.6 Å². The first-order valence-corrected chi connectivity index (χ1v) is 12.0. The fourth-order valence-corrected chi connectivity index (χ4v) is 4.59. The summed E-state index contributed by atoms with van der Waals surface area (Å²) in [6, 6.07) is 3.95. The molecule has 1 saturated heterocycles. The van der Waals surface area contributed by atoms with Gasteiger partial charge in [0.2, 0.25) is 0 Å². The van der Waals surface area contributed by atoms with Crippen molar-refractivity contribution in [3.05, 3.63) is 40.9 Å². The van der Waals surface area contributed by atoms with Gasteiger partial charge in [-0.15, -0.1) is 11.3 Å². The summed E-state index contributed by atoms with van der Waals surface area (Å²) in [5, 5.41) is 9.17. The molecule has 0 saturated carbocycles. The van der Waals surface area contributed by atoms with Crippen molar-refractivity contribution in [1.29, 1.82) is 0 Å². The Morgan fingerprint density at radius 3 is 2.62 bits per heavy atom. The second-order valence-electron chi connectivity index (χ2n) is 6.49. The molecular formula is C19H21N5O6S2. The van der Waals surface area contributed by atoms with Gasteiger partial charge in [0, 0.05) is 47.2 Å². The average Bonchev–Trinajstić information content (AvgIpc) is 3.22. The summed E-state index contributed by atoms with van der Waals surface area (Å²) in [6.07, 6.45) is 0.494. The molecule has 13 heteroatoms. The van der Waals surface area contributed by atoms with Gasteiger partial charge in [-0.05, 0) is 30.5 Å². The maximum absolute atomic E-state index is 12.7. The first-order chi connectivity index (χ1) is 15.4. The summed E-state index contributed by atoms with van der Waals surface area (Å²) in [7, 11) is -0.903. The summed E-state index contributed by atoms with van der Waals surface area (Å²) in [5.41, 5.74) is 0.321. The maximum Gasteiger partial charge on any atom is 0.414 e. The predicted molar refractivity (Wildman–Crippen MR) is 119 cm³/mol. The van der Waals surface area contributed by atoms with Crippen molar-refractivity contribution < 1.29 is 28.1 Å². The SMILES string of the molecule is CCOC(=O)NC(=O)c1ccsc1NC(=O)c1ccnc(NC(=O)N2CCS(=O)CC2)c1. The molecule has 0 bridgehead atoms. The number of carbonyl (C=O) groups excluding carboxylic acids is 4. The molecule has 3 rings (SSSR count). The number of rotatable bonds is 5. The van der Waals surface area contributed by atoms with E-state index in [4.69, 9.17) is 0 Å². The average molecular weight is 480 g/mol. The van der Waals surface area contributed by atoms with Crippen LogP contribution >= 0.6 is 11.3 Å². The van der Waals surface area contributed by atoms with Crippen LogP contribution < -0.4 is 16.0 Å².